The second kappa shape index (κ2) is 23.2. The first kappa shape index (κ1) is 36.9. The Bertz CT molecular complexity index is 439. The van der Waals surface area contributed by atoms with Crippen molar-refractivity contribution in [2.45, 2.75) is 91.6 Å². The van der Waals surface area contributed by atoms with Gasteiger partial charge >= 0.3 is 29.6 Å². The van der Waals surface area contributed by atoms with Gasteiger partial charge in [-0.3, -0.25) is 15.9 Å². The van der Waals surface area contributed by atoms with Gasteiger partial charge in [-0.2, -0.15) is 11.8 Å². The monoisotopic (exact) mass is 451 g/mol. The summed E-state index contributed by atoms with van der Waals surface area (Å²) in [6.45, 7) is 21.2. The molecule has 0 rings (SSSR count). The molecule has 5 nitrogen and oxygen atoms in total. The summed E-state index contributed by atoms with van der Waals surface area (Å²) in [4.78, 5) is 33.9. The maximum Gasteiger partial charge on any atom is 1.00 e. The molecule has 30 heavy (non-hydrogen) atoms. The number of unbranched alkanes of at least 4 members (excludes halogenated alkanes) is 1. The molecule has 0 aliphatic heterocycles. The predicted octanol–water partition coefficient (Wildman–Crippen LogP) is 1.97. The fourth-order valence-electron chi connectivity index (χ4n) is 2.11. The Morgan fingerprint density at radius 3 is 2.10 bits per heavy atom. The molecular formula is C23H44N2NaO3S-. The third-order valence-electron chi connectivity index (χ3n) is 3.81. The molecule has 0 radical (unpaired) electrons. The first-order valence-corrected chi connectivity index (χ1v) is 11.5. The number of nitrogens with one attached hydrogen (secondary N) is 1. The summed E-state index contributed by atoms with van der Waals surface area (Å²) < 4.78 is 0. The van der Waals surface area contributed by atoms with Crippen molar-refractivity contribution in [1.29, 1.82) is 0 Å². The van der Waals surface area contributed by atoms with Gasteiger partial charge in [0.25, 0.3) is 0 Å². The Morgan fingerprint density at radius 1 is 1.20 bits per heavy atom. The number of allylic oxidation sites excluding steroid dienone is 1. The van der Waals surface area contributed by atoms with Crippen LogP contribution < -0.4 is 34.9 Å². The van der Waals surface area contributed by atoms with E-state index in [4.69, 9.17) is 0 Å². The summed E-state index contributed by atoms with van der Waals surface area (Å²) in [6, 6.07) is 0. The van der Waals surface area contributed by atoms with Gasteiger partial charge in [-0.25, -0.2) is 19.6 Å². The molecule has 0 heterocycles. The predicted molar refractivity (Wildman–Crippen MR) is 128 cm³/mol. The molecule has 0 aromatic carbocycles. The smallest absolute Gasteiger partial charge is 0.542 e. The van der Waals surface area contributed by atoms with Gasteiger partial charge in [0, 0.05) is 24.0 Å². The van der Waals surface area contributed by atoms with Gasteiger partial charge in [-0.05, 0) is 59.0 Å². The molecule has 0 atom stereocenters. The minimum Gasteiger partial charge on any atom is -0.542 e. The van der Waals surface area contributed by atoms with Gasteiger partial charge in [-0.15, -0.1) is 6.42 Å². The average Bonchev–Trinajstić information content (AvgIpc) is 2.61. The van der Waals surface area contributed by atoms with Crippen molar-refractivity contribution in [3.63, 3.8) is 0 Å². The van der Waals surface area contributed by atoms with E-state index in [1.807, 2.05) is 64.5 Å². The number of hydrogen-bond donors (Lipinski definition) is 1. The zero-order chi connectivity index (χ0) is 23.3. The third kappa shape index (κ3) is 25.6. The van der Waals surface area contributed by atoms with Crippen LogP contribution in [0.3, 0.4) is 0 Å². The second-order valence-corrected chi connectivity index (χ2v) is 9.34. The first-order chi connectivity index (χ1) is 13.5. The summed E-state index contributed by atoms with van der Waals surface area (Å²) in [6.07, 6.45) is 8.45. The number of carbonyl (C=O) groups excluding carboxylic acids is 3. The van der Waals surface area contributed by atoms with Crippen molar-refractivity contribution >= 4 is 30.4 Å². The van der Waals surface area contributed by atoms with Crippen LogP contribution in [0.5, 0.6) is 0 Å². The van der Waals surface area contributed by atoms with Gasteiger partial charge in [0.15, 0.2) is 0 Å². The molecule has 0 aliphatic rings. The summed E-state index contributed by atoms with van der Waals surface area (Å²) in [5.41, 5.74) is -0.455. The zero-order valence-corrected chi connectivity index (χ0v) is 23.6. The SMILES string of the molecule is C=C[CH2-].CCC(=O)N(CCC(C)(C)NC=O)C(C)(C)C.CCCCSCC[C-]=O.[Na+]. The molecular weight excluding hydrogens is 407 g/mol. The van der Waals surface area contributed by atoms with E-state index in [0.717, 1.165) is 12.2 Å². The molecule has 0 saturated heterocycles. The molecule has 0 aliphatic carbocycles. The number of rotatable bonds is 12. The number of hydrogen-bond acceptors (Lipinski definition) is 4. The van der Waals surface area contributed by atoms with Crippen molar-refractivity contribution in [3.05, 3.63) is 19.6 Å². The molecule has 0 fully saturated rings. The van der Waals surface area contributed by atoms with E-state index in [0.29, 0.717) is 25.8 Å². The molecule has 2 amide bonds. The minimum absolute atomic E-state index is 0. The van der Waals surface area contributed by atoms with Gasteiger partial charge in [0.2, 0.25) is 12.3 Å². The molecule has 0 aromatic heterocycles. The topological polar surface area (TPSA) is 66.5 Å². The Morgan fingerprint density at radius 2 is 1.73 bits per heavy atom. The Balaban J connectivity index is -0.000000219. The molecule has 7 heteroatoms. The fraction of sp³-hybridized carbons (Fsp3) is 0.739. The van der Waals surface area contributed by atoms with E-state index in [9.17, 15) is 14.4 Å². The van der Waals surface area contributed by atoms with Crippen LogP contribution in [-0.2, 0) is 14.4 Å². The Labute approximate surface area is 212 Å². The Kier molecular flexibility index (Phi) is 28.6. The molecule has 0 bridgehead atoms. The maximum absolute atomic E-state index is 11.9. The minimum atomic E-state index is -0.279. The third-order valence-corrected chi connectivity index (χ3v) is 4.88. The van der Waals surface area contributed by atoms with Crippen molar-refractivity contribution in [3.8, 4) is 0 Å². The Hall–Kier alpha value is -0.430. The number of thioether (sulfide) groups is 1. The van der Waals surface area contributed by atoms with Crippen LogP contribution in [0.1, 0.15) is 80.6 Å². The zero-order valence-electron chi connectivity index (χ0n) is 20.8. The van der Waals surface area contributed by atoms with Crippen LogP contribution in [0.4, 0.5) is 0 Å². The van der Waals surface area contributed by atoms with Crippen LogP contribution in [-0.4, -0.2) is 52.6 Å². The van der Waals surface area contributed by atoms with E-state index in [2.05, 4.69) is 25.7 Å². The quantitative estimate of drug-likeness (QED) is 0.213. The molecule has 172 valence electrons. The summed E-state index contributed by atoms with van der Waals surface area (Å²) >= 11 is 1.84. The van der Waals surface area contributed by atoms with E-state index in [1.165, 1.54) is 24.7 Å². The average molecular weight is 452 g/mol. The van der Waals surface area contributed by atoms with Crippen molar-refractivity contribution in [2.75, 3.05) is 18.1 Å². The fourth-order valence-corrected chi connectivity index (χ4v) is 3.03. The van der Waals surface area contributed by atoms with Crippen molar-refractivity contribution in [2.24, 2.45) is 0 Å². The first-order valence-electron chi connectivity index (χ1n) is 10.3. The van der Waals surface area contributed by atoms with Gasteiger partial charge in [0.1, 0.15) is 0 Å². The molecule has 1 N–H and O–H groups in total. The van der Waals surface area contributed by atoms with E-state index in [-0.39, 0.29) is 46.5 Å². The van der Waals surface area contributed by atoms with Crippen LogP contribution in [0.2, 0.25) is 0 Å². The van der Waals surface area contributed by atoms with Gasteiger partial charge < -0.3 is 15.0 Å². The summed E-state index contributed by atoms with van der Waals surface area (Å²) in [7, 11) is 0. The summed E-state index contributed by atoms with van der Waals surface area (Å²) in [5.74, 6) is 2.29. The molecule has 0 unspecified atom stereocenters. The van der Waals surface area contributed by atoms with E-state index in [1.54, 1.807) is 0 Å². The largest absolute Gasteiger partial charge is 1.00 e. The normalized spacial score (nSPS) is 10.1. The van der Waals surface area contributed by atoms with Crippen LogP contribution >= 0.6 is 11.8 Å². The van der Waals surface area contributed by atoms with Crippen molar-refractivity contribution in [1.82, 2.24) is 10.2 Å². The number of nitrogens with zero attached hydrogens (tertiary/aromatic N) is 1. The maximum atomic E-state index is 11.9. The molecule has 0 aromatic rings. The van der Waals surface area contributed by atoms with Crippen LogP contribution in [0, 0.1) is 6.92 Å². The van der Waals surface area contributed by atoms with Gasteiger partial charge in [0.05, 0.1) is 0 Å². The second-order valence-electron chi connectivity index (χ2n) is 8.11. The van der Waals surface area contributed by atoms with Gasteiger partial charge in [-0.1, -0.05) is 20.3 Å². The van der Waals surface area contributed by atoms with E-state index >= 15 is 0 Å². The number of amides is 2. The van der Waals surface area contributed by atoms with Crippen LogP contribution in [0.15, 0.2) is 12.7 Å². The van der Waals surface area contributed by atoms with Crippen molar-refractivity contribution < 1.29 is 43.9 Å². The number of carbonyl (C=O) groups is 2. The van der Waals surface area contributed by atoms with E-state index < -0.39 is 0 Å². The van der Waals surface area contributed by atoms with Crippen LogP contribution in [0.25, 0.3) is 0 Å². The molecule has 0 spiro atoms. The molecule has 0 saturated carbocycles. The standard InChI is InChI=1S/C13H26N2O2.C7H13OS.C3H5.Na/c1-7-11(17)15(12(2,3)4)9-8-13(5,6)14-10-16;1-2-3-6-9-7-4-5-8;1-3-2;/h10H,7-9H2,1-6H3,(H,14,16);2-4,6-7H2,1H3;3H,1-2H2;/q;2*-1;+1. The summed E-state index contributed by atoms with van der Waals surface area (Å²) in [5, 5.41) is 2.77.